The van der Waals surface area contributed by atoms with Gasteiger partial charge in [0, 0.05) is 17.8 Å². The third-order valence-electron chi connectivity index (χ3n) is 4.77. The Morgan fingerprint density at radius 3 is 2.38 bits per heavy atom. The van der Waals surface area contributed by atoms with E-state index in [1.165, 1.54) is 16.2 Å². The first kappa shape index (κ1) is 24.6. The van der Waals surface area contributed by atoms with E-state index in [0.29, 0.717) is 22.8 Å². The van der Waals surface area contributed by atoms with Crippen LogP contribution in [-0.2, 0) is 11.3 Å². The van der Waals surface area contributed by atoms with Crippen LogP contribution in [0.15, 0.2) is 72.8 Å². The van der Waals surface area contributed by atoms with Crippen LogP contribution in [0.3, 0.4) is 0 Å². The molecule has 4 aromatic rings. The highest BCUT2D eigenvalue weighted by molar-refractivity contribution is 7.20. The summed E-state index contributed by atoms with van der Waals surface area (Å²) in [5.74, 6) is -1.89. The molecule has 0 radical (unpaired) electrons. The molecule has 3 aromatic carbocycles. The average Bonchev–Trinajstić information content (AvgIpc) is 3.27. The van der Waals surface area contributed by atoms with E-state index in [1.807, 2.05) is 37.3 Å². The average molecular weight is 477 g/mol. The lowest BCUT2D eigenvalue weighted by molar-refractivity contribution is -0.135. The zero-order chi connectivity index (χ0) is 24.7. The van der Waals surface area contributed by atoms with Crippen LogP contribution >= 0.6 is 11.3 Å². The molecule has 0 spiro atoms. The first-order chi connectivity index (χ1) is 16.3. The van der Waals surface area contributed by atoms with E-state index in [0.717, 1.165) is 21.3 Å². The number of hydrogen-bond donors (Lipinski definition) is 3. The van der Waals surface area contributed by atoms with Crippen molar-refractivity contribution in [1.29, 1.82) is 0 Å². The number of nitrogens with zero attached hydrogens (tertiary/aromatic N) is 2. The van der Waals surface area contributed by atoms with Gasteiger partial charge in [0.05, 0.1) is 10.2 Å². The number of nitrogens with two attached hydrogens (primary N) is 2. The normalized spacial score (nSPS) is 10.3. The monoisotopic (exact) mass is 476 g/mol. The number of thiazole rings is 1. The van der Waals surface area contributed by atoms with E-state index in [2.05, 4.69) is 4.98 Å². The summed E-state index contributed by atoms with van der Waals surface area (Å²) in [6, 6.07) is 21.5. The van der Waals surface area contributed by atoms with Crippen LogP contribution < -0.4 is 16.4 Å². The number of para-hydroxylation sites is 1. The zero-order valence-electron chi connectivity index (χ0n) is 18.5. The highest BCUT2D eigenvalue weighted by Gasteiger charge is 2.20. The van der Waals surface area contributed by atoms with Crippen LogP contribution in [0.1, 0.15) is 31.3 Å². The van der Waals surface area contributed by atoms with Gasteiger partial charge in [-0.2, -0.15) is 0 Å². The van der Waals surface area contributed by atoms with E-state index >= 15 is 0 Å². The fourth-order valence-corrected chi connectivity index (χ4v) is 4.06. The summed E-state index contributed by atoms with van der Waals surface area (Å²) >= 11 is 1.33. The molecular weight excluding hydrogens is 452 g/mol. The van der Waals surface area contributed by atoms with Gasteiger partial charge >= 0.3 is 5.97 Å². The number of aryl methyl sites for hydroxylation is 1. The standard InChI is InChI=1S/C16H16N2O3.C9H8N2OS/c17-10-12-5-4-6-13(9-12)16(21)18(11-15(19)20)14-7-2-1-3-8-14;1-5-2-3-6-7(4-5)13-9(11-6)8(10)12/h1-9H,10-11,17H2,(H,19,20);2-4H,1H3,(H2,10,12). The topological polar surface area (TPSA) is 140 Å². The third-order valence-corrected chi connectivity index (χ3v) is 5.80. The maximum Gasteiger partial charge on any atom is 0.323 e. The van der Waals surface area contributed by atoms with Gasteiger partial charge in [-0.15, -0.1) is 11.3 Å². The number of carboxylic acids is 1. The van der Waals surface area contributed by atoms with Crippen LogP contribution in [0, 0.1) is 6.92 Å². The lowest BCUT2D eigenvalue weighted by atomic mass is 10.1. The summed E-state index contributed by atoms with van der Waals surface area (Å²) in [5, 5.41) is 9.40. The Labute approximate surface area is 200 Å². The number of aromatic nitrogens is 1. The number of carbonyl (C=O) groups excluding carboxylic acids is 2. The Kier molecular flexibility index (Phi) is 8.07. The summed E-state index contributed by atoms with van der Waals surface area (Å²) in [5.41, 5.74) is 14.5. The quantitative estimate of drug-likeness (QED) is 0.389. The van der Waals surface area contributed by atoms with Gasteiger partial charge in [-0.05, 0) is 54.4 Å². The van der Waals surface area contributed by atoms with Gasteiger partial charge in [0.2, 0.25) is 0 Å². The number of hydrogen-bond acceptors (Lipinski definition) is 6. The van der Waals surface area contributed by atoms with Gasteiger partial charge < -0.3 is 16.6 Å². The molecule has 0 saturated heterocycles. The Hall–Kier alpha value is -4.08. The van der Waals surface area contributed by atoms with Crippen LogP contribution in [-0.4, -0.2) is 34.4 Å². The number of anilines is 1. The van der Waals surface area contributed by atoms with E-state index in [4.69, 9.17) is 16.6 Å². The van der Waals surface area contributed by atoms with Gasteiger partial charge in [-0.1, -0.05) is 36.4 Å². The molecule has 9 heteroatoms. The first-order valence-corrected chi connectivity index (χ1v) is 11.1. The number of carbonyl (C=O) groups is 3. The largest absolute Gasteiger partial charge is 0.480 e. The van der Waals surface area contributed by atoms with Gasteiger partial charge in [0.25, 0.3) is 11.8 Å². The molecule has 8 nitrogen and oxygen atoms in total. The Morgan fingerprint density at radius 1 is 1.00 bits per heavy atom. The molecule has 2 amide bonds. The number of benzene rings is 3. The molecule has 0 fully saturated rings. The van der Waals surface area contributed by atoms with Gasteiger partial charge in [-0.25, -0.2) is 4.98 Å². The van der Waals surface area contributed by atoms with Crippen molar-refractivity contribution in [1.82, 2.24) is 4.98 Å². The van der Waals surface area contributed by atoms with Crippen molar-refractivity contribution in [3.63, 3.8) is 0 Å². The minimum atomic E-state index is -1.07. The molecule has 5 N–H and O–H groups in total. The van der Waals surface area contributed by atoms with Gasteiger partial charge in [0.15, 0.2) is 5.01 Å². The molecule has 0 aliphatic heterocycles. The SMILES string of the molecule is Cc1ccc2nc(C(N)=O)sc2c1.NCc1cccc(C(=O)N(CC(=O)O)c2ccccc2)c1. The maximum absolute atomic E-state index is 12.6. The molecule has 4 rings (SSSR count). The predicted molar refractivity (Wildman–Crippen MR) is 133 cm³/mol. The minimum Gasteiger partial charge on any atom is -0.480 e. The summed E-state index contributed by atoms with van der Waals surface area (Å²) in [6.07, 6.45) is 0. The smallest absolute Gasteiger partial charge is 0.323 e. The Morgan fingerprint density at radius 2 is 1.74 bits per heavy atom. The number of rotatable bonds is 6. The van der Waals surface area contributed by atoms with Crippen molar-refractivity contribution in [2.45, 2.75) is 13.5 Å². The second-order valence-electron chi connectivity index (χ2n) is 7.38. The Bertz CT molecular complexity index is 1320. The van der Waals surface area contributed by atoms with Crippen molar-refractivity contribution in [3.8, 4) is 0 Å². The molecule has 0 aliphatic carbocycles. The van der Waals surface area contributed by atoms with Crippen molar-refractivity contribution in [3.05, 3.63) is 94.5 Å². The van der Waals surface area contributed by atoms with Crippen molar-refractivity contribution in [2.24, 2.45) is 11.5 Å². The molecule has 0 saturated carbocycles. The van der Waals surface area contributed by atoms with Crippen LogP contribution in [0.2, 0.25) is 0 Å². The van der Waals surface area contributed by atoms with E-state index in [1.54, 1.807) is 42.5 Å². The van der Waals surface area contributed by atoms with E-state index in [9.17, 15) is 14.4 Å². The van der Waals surface area contributed by atoms with Gasteiger partial charge in [-0.3, -0.25) is 19.3 Å². The van der Waals surface area contributed by atoms with Crippen molar-refractivity contribution in [2.75, 3.05) is 11.4 Å². The summed E-state index contributed by atoms with van der Waals surface area (Å²) < 4.78 is 1.01. The maximum atomic E-state index is 12.6. The molecule has 34 heavy (non-hydrogen) atoms. The fourth-order valence-electron chi connectivity index (χ4n) is 3.15. The molecule has 0 atom stereocenters. The van der Waals surface area contributed by atoms with E-state index < -0.39 is 18.4 Å². The predicted octanol–water partition coefficient (Wildman–Crippen LogP) is 3.58. The van der Waals surface area contributed by atoms with Gasteiger partial charge in [0.1, 0.15) is 6.54 Å². The number of amides is 2. The zero-order valence-corrected chi connectivity index (χ0v) is 19.3. The lowest BCUT2D eigenvalue weighted by Crippen LogP contribution is -2.35. The molecule has 0 unspecified atom stereocenters. The summed E-state index contributed by atoms with van der Waals surface area (Å²) in [6.45, 7) is 1.93. The van der Waals surface area contributed by atoms with Crippen molar-refractivity contribution < 1.29 is 19.5 Å². The highest BCUT2D eigenvalue weighted by atomic mass is 32.1. The molecule has 0 aliphatic rings. The molecule has 1 heterocycles. The van der Waals surface area contributed by atoms with Crippen LogP contribution in [0.4, 0.5) is 5.69 Å². The fraction of sp³-hybridized carbons (Fsp3) is 0.120. The third kappa shape index (κ3) is 6.25. The van der Waals surface area contributed by atoms with Crippen LogP contribution in [0.5, 0.6) is 0 Å². The lowest BCUT2D eigenvalue weighted by Gasteiger charge is -2.21. The molecule has 1 aromatic heterocycles. The van der Waals surface area contributed by atoms with Crippen molar-refractivity contribution >= 4 is 45.0 Å². The number of fused-ring (bicyclic) bond motifs is 1. The van der Waals surface area contributed by atoms with Crippen LogP contribution in [0.25, 0.3) is 10.2 Å². The number of carboxylic acid groups (broad SMARTS) is 1. The highest BCUT2D eigenvalue weighted by Crippen LogP contribution is 2.22. The molecule has 0 bridgehead atoms. The second kappa shape index (κ2) is 11.2. The summed E-state index contributed by atoms with van der Waals surface area (Å²) in [4.78, 5) is 39.8. The summed E-state index contributed by atoms with van der Waals surface area (Å²) in [7, 11) is 0. The van der Waals surface area contributed by atoms with E-state index in [-0.39, 0.29) is 5.91 Å². The molecule has 174 valence electrons. The minimum absolute atomic E-state index is 0.325. The molecular formula is C25H24N4O4S. The Balaban J connectivity index is 0.000000212. The first-order valence-electron chi connectivity index (χ1n) is 10.3. The number of primary amides is 1. The second-order valence-corrected chi connectivity index (χ2v) is 8.41. The number of aliphatic carboxylic acids is 1.